The third-order valence-corrected chi connectivity index (χ3v) is 6.46. The van der Waals surface area contributed by atoms with Crippen LogP contribution in [0.25, 0.3) is 43.2 Å². The summed E-state index contributed by atoms with van der Waals surface area (Å²) >= 11 is 1.32. The maximum absolute atomic E-state index is 13.0. The van der Waals surface area contributed by atoms with Crippen molar-refractivity contribution in [3.8, 4) is 49.5 Å². The first-order valence-electron chi connectivity index (χ1n) is 10.1. The number of hydrogen-bond acceptors (Lipinski definition) is 7. The highest BCUT2D eigenvalue weighted by molar-refractivity contribution is 7.19. The Labute approximate surface area is 193 Å². The molecule has 0 fully saturated rings. The van der Waals surface area contributed by atoms with E-state index < -0.39 is 5.63 Å². The van der Waals surface area contributed by atoms with Gasteiger partial charge in [-0.3, -0.25) is 0 Å². The fourth-order valence-electron chi connectivity index (χ4n) is 3.62. The van der Waals surface area contributed by atoms with E-state index in [1.54, 1.807) is 38.5 Å². The van der Waals surface area contributed by atoms with Gasteiger partial charge in [-0.15, -0.1) is 11.3 Å². The van der Waals surface area contributed by atoms with Crippen LogP contribution in [0.3, 0.4) is 0 Å². The lowest BCUT2D eigenvalue weighted by Gasteiger charge is -2.07. The number of rotatable bonds is 5. The minimum Gasteiger partial charge on any atom is -0.506 e. The highest BCUT2D eigenvalue weighted by Gasteiger charge is 2.24. The van der Waals surface area contributed by atoms with E-state index in [4.69, 9.17) is 18.9 Å². The van der Waals surface area contributed by atoms with E-state index in [2.05, 4.69) is 0 Å². The Morgan fingerprint density at radius 1 is 0.848 bits per heavy atom. The largest absolute Gasteiger partial charge is 0.506 e. The number of aromatic hydroxyl groups is 1. The number of methoxy groups -OCH3 is 2. The Balaban J connectivity index is 1.75. The van der Waals surface area contributed by atoms with Crippen LogP contribution < -0.4 is 15.1 Å². The average molecular weight is 458 g/mol. The molecule has 0 aliphatic rings. The lowest BCUT2D eigenvalue weighted by atomic mass is 10.1. The predicted molar refractivity (Wildman–Crippen MR) is 129 cm³/mol. The lowest BCUT2D eigenvalue weighted by Crippen LogP contribution is -2.03. The van der Waals surface area contributed by atoms with Crippen LogP contribution in [-0.4, -0.2) is 24.3 Å². The second-order valence-corrected chi connectivity index (χ2v) is 8.26. The summed E-state index contributed by atoms with van der Waals surface area (Å²) < 4.78 is 16.0. The quantitative estimate of drug-likeness (QED) is 0.327. The molecule has 164 valence electrons. The van der Waals surface area contributed by atoms with Crippen LogP contribution in [0.15, 0.2) is 82.0 Å². The summed E-state index contributed by atoms with van der Waals surface area (Å²) in [6.45, 7) is 0. The molecular weight excluding hydrogens is 438 g/mol. The number of hydrogen-bond donors (Lipinski definition) is 1. The van der Waals surface area contributed by atoms with Crippen LogP contribution in [0.1, 0.15) is 0 Å². The summed E-state index contributed by atoms with van der Waals surface area (Å²) in [6, 6.07) is 21.8. The van der Waals surface area contributed by atoms with Gasteiger partial charge in [0.05, 0.1) is 30.2 Å². The van der Waals surface area contributed by atoms with Gasteiger partial charge < -0.3 is 19.0 Å². The van der Waals surface area contributed by atoms with E-state index in [0.717, 1.165) is 16.9 Å². The third kappa shape index (κ3) is 3.72. The molecule has 33 heavy (non-hydrogen) atoms. The molecule has 0 saturated heterocycles. The van der Waals surface area contributed by atoms with Crippen molar-refractivity contribution in [1.29, 1.82) is 0 Å². The Morgan fingerprint density at radius 2 is 1.45 bits per heavy atom. The second kappa shape index (κ2) is 8.44. The second-order valence-electron chi connectivity index (χ2n) is 7.26. The molecule has 0 aliphatic heterocycles. The van der Waals surface area contributed by atoms with Gasteiger partial charge in [0.15, 0.2) is 0 Å². The van der Waals surface area contributed by atoms with Crippen molar-refractivity contribution in [1.82, 2.24) is 4.98 Å². The minimum atomic E-state index is -0.620. The molecule has 3 aromatic carbocycles. The Kier molecular flexibility index (Phi) is 5.32. The van der Waals surface area contributed by atoms with E-state index >= 15 is 0 Å². The molecular formula is C26H19NO5S. The summed E-state index contributed by atoms with van der Waals surface area (Å²) in [5.74, 6) is 1.32. The van der Waals surface area contributed by atoms with Gasteiger partial charge in [-0.1, -0.05) is 12.1 Å². The van der Waals surface area contributed by atoms with Crippen molar-refractivity contribution in [3.63, 3.8) is 0 Å². The van der Waals surface area contributed by atoms with Gasteiger partial charge in [0.2, 0.25) is 0 Å². The number of aromatic nitrogens is 1. The molecule has 6 nitrogen and oxygen atoms in total. The third-order valence-electron chi connectivity index (χ3n) is 5.34. The normalized spacial score (nSPS) is 11.0. The van der Waals surface area contributed by atoms with Crippen LogP contribution in [0.4, 0.5) is 0 Å². The van der Waals surface area contributed by atoms with Crippen molar-refractivity contribution in [2.45, 2.75) is 0 Å². The van der Waals surface area contributed by atoms with Gasteiger partial charge in [-0.2, -0.15) is 0 Å². The van der Waals surface area contributed by atoms with Gasteiger partial charge in [0, 0.05) is 11.1 Å². The molecule has 0 unspecified atom stereocenters. The number of fused-ring (bicyclic) bond motifs is 1. The number of thiazole rings is 1. The molecule has 0 bridgehead atoms. The highest BCUT2D eigenvalue weighted by Crippen LogP contribution is 2.44. The Bertz CT molecular complexity index is 1500. The Hall–Kier alpha value is -4.10. The van der Waals surface area contributed by atoms with Crippen molar-refractivity contribution >= 4 is 22.3 Å². The standard InChI is InChI=1S/C26H19NO5S/c1-30-17-11-7-15(8-12-17)22-24(33-25(27-22)16-9-13-18(31-2)14-10-16)21-23(28)19-5-3-4-6-20(19)32-26(21)29/h3-14,28H,1-2H3. The molecule has 0 spiro atoms. The summed E-state index contributed by atoms with van der Waals surface area (Å²) in [6.07, 6.45) is 0. The first-order valence-corrected chi connectivity index (χ1v) is 11.0. The van der Waals surface area contributed by atoms with E-state index in [0.29, 0.717) is 32.3 Å². The van der Waals surface area contributed by atoms with E-state index in [-0.39, 0.29) is 11.3 Å². The molecule has 0 aliphatic carbocycles. The maximum Gasteiger partial charge on any atom is 0.348 e. The molecule has 7 heteroatoms. The van der Waals surface area contributed by atoms with Crippen molar-refractivity contribution in [2.24, 2.45) is 0 Å². The first-order chi connectivity index (χ1) is 16.1. The first kappa shape index (κ1) is 20.8. The average Bonchev–Trinajstić information content (AvgIpc) is 3.29. The monoisotopic (exact) mass is 457 g/mol. The van der Waals surface area contributed by atoms with Crippen LogP contribution in [-0.2, 0) is 0 Å². The van der Waals surface area contributed by atoms with Crippen LogP contribution >= 0.6 is 11.3 Å². The predicted octanol–water partition coefficient (Wildman–Crippen LogP) is 5.97. The summed E-state index contributed by atoms with van der Waals surface area (Å²) in [5.41, 5.74) is 2.03. The molecule has 2 heterocycles. The van der Waals surface area contributed by atoms with Crippen molar-refractivity contribution in [3.05, 3.63) is 83.2 Å². The molecule has 5 aromatic rings. The number of benzene rings is 3. The van der Waals surface area contributed by atoms with Gasteiger partial charge >= 0.3 is 5.63 Å². The molecule has 0 amide bonds. The van der Waals surface area contributed by atoms with Crippen molar-refractivity contribution in [2.75, 3.05) is 14.2 Å². The molecule has 2 aromatic heterocycles. The van der Waals surface area contributed by atoms with Gasteiger partial charge in [0.1, 0.15) is 33.4 Å². The fraction of sp³-hybridized carbons (Fsp3) is 0.0769. The zero-order chi connectivity index (χ0) is 22.9. The maximum atomic E-state index is 13.0. The molecule has 1 N–H and O–H groups in total. The Morgan fingerprint density at radius 3 is 2.09 bits per heavy atom. The van der Waals surface area contributed by atoms with Gasteiger partial charge in [-0.05, 0) is 60.7 Å². The van der Waals surface area contributed by atoms with Gasteiger partial charge in [-0.25, -0.2) is 9.78 Å². The summed E-state index contributed by atoms with van der Waals surface area (Å²) in [7, 11) is 3.21. The molecule has 5 rings (SSSR count). The zero-order valence-electron chi connectivity index (χ0n) is 17.9. The SMILES string of the molecule is COc1ccc(-c2nc(-c3ccc(OC)cc3)c(-c3c(O)c4ccccc4oc3=O)s2)cc1. The topological polar surface area (TPSA) is 81.8 Å². The van der Waals surface area contributed by atoms with E-state index in [1.807, 2.05) is 48.5 Å². The number of nitrogens with zero attached hydrogens (tertiary/aromatic N) is 1. The van der Waals surface area contributed by atoms with Crippen LogP contribution in [0.2, 0.25) is 0 Å². The number of para-hydroxylation sites is 1. The van der Waals surface area contributed by atoms with Gasteiger partial charge in [0.25, 0.3) is 0 Å². The summed E-state index contributed by atoms with van der Waals surface area (Å²) in [5, 5.41) is 12.2. The molecule has 0 radical (unpaired) electrons. The molecule has 0 atom stereocenters. The summed E-state index contributed by atoms with van der Waals surface area (Å²) in [4.78, 5) is 18.4. The smallest absolute Gasteiger partial charge is 0.348 e. The van der Waals surface area contributed by atoms with Crippen LogP contribution in [0.5, 0.6) is 17.2 Å². The molecule has 0 saturated carbocycles. The fourth-order valence-corrected chi connectivity index (χ4v) is 4.75. The minimum absolute atomic E-state index is 0.0942. The highest BCUT2D eigenvalue weighted by atomic mass is 32.1. The van der Waals surface area contributed by atoms with E-state index in [9.17, 15) is 9.90 Å². The van der Waals surface area contributed by atoms with Crippen molar-refractivity contribution < 1.29 is 19.0 Å². The zero-order valence-corrected chi connectivity index (χ0v) is 18.7. The number of ether oxygens (including phenoxy) is 2. The van der Waals surface area contributed by atoms with Crippen LogP contribution in [0, 0.1) is 0 Å². The lowest BCUT2D eigenvalue weighted by molar-refractivity contribution is 0.415. The van der Waals surface area contributed by atoms with E-state index in [1.165, 1.54) is 11.3 Å².